The molecule has 1 aromatic heterocycles. The molecule has 0 aliphatic carbocycles. The second kappa shape index (κ2) is 5.64. The van der Waals surface area contributed by atoms with E-state index in [1.807, 2.05) is 31.2 Å². The molecule has 0 bridgehead atoms. The van der Waals surface area contributed by atoms with Crippen LogP contribution < -0.4 is 5.73 Å². The summed E-state index contributed by atoms with van der Waals surface area (Å²) in [7, 11) is 1.68. The van der Waals surface area contributed by atoms with Gasteiger partial charge in [0.2, 0.25) is 0 Å². The van der Waals surface area contributed by atoms with Gasteiger partial charge in [0.15, 0.2) is 0 Å². The highest BCUT2D eigenvalue weighted by Crippen LogP contribution is 2.22. The van der Waals surface area contributed by atoms with Gasteiger partial charge in [0.25, 0.3) is 5.91 Å². The number of nitrogens with two attached hydrogens (primary N) is 1. The first-order valence-corrected chi connectivity index (χ1v) is 6.24. The molecule has 6 heteroatoms. The van der Waals surface area contributed by atoms with Gasteiger partial charge in [-0.15, -0.1) is 0 Å². The number of nitrogens with zero attached hydrogens (tertiary/aromatic N) is 2. The van der Waals surface area contributed by atoms with Crippen LogP contribution >= 0.6 is 0 Å². The lowest BCUT2D eigenvalue weighted by molar-refractivity contribution is 0.0748. The number of carbonyl (C=O) groups excluding carboxylic acids is 1. The molecule has 0 radical (unpaired) electrons. The van der Waals surface area contributed by atoms with E-state index in [9.17, 15) is 4.79 Å². The molecule has 2 aromatic rings. The molecule has 1 heterocycles. The Bertz CT molecular complexity index is 648. The first-order chi connectivity index (χ1) is 9.54. The van der Waals surface area contributed by atoms with Gasteiger partial charge in [-0.05, 0) is 13.0 Å². The van der Waals surface area contributed by atoms with Crippen molar-refractivity contribution < 1.29 is 14.4 Å². The van der Waals surface area contributed by atoms with Crippen LogP contribution in [0.3, 0.4) is 0 Å². The molecule has 3 N–H and O–H groups in total. The predicted molar refractivity (Wildman–Crippen MR) is 75.8 cm³/mol. The van der Waals surface area contributed by atoms with E-state index in [4.69, 9.17) is 15.4 Å². The highest BCUT2D eigenvalue weighted by atomic mass is 16.4. The number of benzene rings is 1. The first-order valence-electron chi connectivity index (χ1n) is 6.24. The van der Waals surface area contributed by atoms with Gasteiger partial charge < -0.3 is 20.3 Å². The normalized spacial score (nSPS) is 13.4. The fourth-order valence-electron chi connectivity index (χ4n) is 2.01. The molecule has 1 amide bonds. The Labute approximate surface area is 116 Å². The fourth-order valence-corrected chi connectivity index (χ4v) is 2.01. The Hall–Kier alpha value is -2.50. The molecular formula is C14H17N3O3. The average Bonchev–Trinajstić information content (AvgIpc) is 2.89. The number of para-hydroxylation sites is 1. The summed E-state index contributed by atoms with van der Waals surface area (Å²) >= 11 is 0. The van der Waals surface area contributed by atoms with Crippen LogP contribution in [0.15, 0.2) is 40.1 Å². The fraction of sp³-hybridized carbons (Fsp3) is 0.286. The molecule has 0 saturated heterocycles. The Balaban J connectivity index is 2.22. The lowest BCUT2D eigenvalue weighted by Gasteiger charge is -2.24. The van der Waals surface area contributed by atoms with Crippen LogP contribution in [0.4, 0.5) is 0 Å². The van der Waals surface area contributed by atoms with Crippen LogP contribution in [0, 0.1) is 0 Å². The number of oxime groups is 1. The summed E-state index contributed by atoms with van der Waals surface area (Å²) in [6.45, 7) is 1.83. The summed E-state index contributed by atoms with van der Waals surface area (Å²) < 4.78 is 5.37. The number of hydrogen-bond donors (Lipinski definition) is 2. The minimum atomic E-state index is -0.188. The lowest BCUT2D eigenvalue weighted by Crippen LogP contribution is -2.37. The summed E-state index contributed by atoms with van der Waals surface area (Å²) in [5.74, 6) is -0.0672. The van der Waals surface area contributed by atoms with Crippen LogP contribution in [-0.4, -0.2) is 34.9 Å². The first kappa shape index (κ1) is 13.9. The van der Waals surface area contributed by atoms with Gasteiger partial charge in [-0.2, -0.15) is 0 Å². The molecule has 1 unspecified atom stereocenters. The van der Waals surface area contributed by atoms with Crippen molar-refractivity contribution in [3.05, 3.63) is 36.1 Å². The number of amides is 1. The van der Waals surface area contributed by atoms with E-state index in [2.05, 4.69) is 5.16 Å². The summed E-state index contributed by atoms with van der Waals surface area (Å²) in [4.78, 5) is 14.0. The molecule has 2 rings (SSSR count). The Morgan fingerprint density at radius 1 is 1.50 bits per heavy atom. The maximum Gasteiger partial charge on any atom is 0.257 e. The molecule has 0 aliphatic rings. The highest BCUT2D eigenvalue weighted by molar-refractivity contribution is 6.06. The van der Waals surface area contributed by atoms with Gasteiger partial charge >= 0.3 is 0 Å². The molecule has 0 spiro atoms. The molecule has 106 valence electrons. The number of furan rings is 1. The summed E-state index contributed by atoms with van der Waals surface area (Å²) in [6.07, 6.45) is 1.76. The summed E-state index contributed by atoms with van der Waals surface area (Å²) in [5, 5.41) is 12.3. The number of rotatable bonds is 4. The summed E-state index contributed by atoms with van der Waals surface area (Å²) in [6, 6.07) is 7.17. The van der Waals surface area contributed by atoms with Crippen molar-refractivity contribution in [2.45, 2.75) is 19.4 Å². The summed E-state index contributed by atoms with van der Waals surface area (Å²) in [5.41, 5.74) is 6.65. The largest absolute Gasteiger partial charge is 0.463 e. The Morgan fingerprint density at radius 3 is 2.90 bits per heavy atom. The standard InChI is InChI=1S/C14H17N3O3/c1-9(7-13(15)16-19)17(2)14(18)11-8-20-12-6-4-3-5-10(11)12/h3-6,8-9,19H,7H2,1-2H3,(H2,15,16). The monoisotopic (exact) mass is 275 g/mol. The molecule has 0 aliphatic heterocycles. The van der Waals surface area contributed by atoms with E-state index in [1.165, 1.54) is 6.26 Å². The van der Waals surface area contributed by atoms with E-state index in [1.54, 1.807) is 11.9 Å². The second-order valence-electron chi connectivity index (χ2n) is 4.71. The molecule has 1 aromatic carbocycles. The van der Waals surface area contributed by atoms with Crippen LogP contribution in [-0.2, 0) is 0 Å². The van der Waals surface area contributed by atoms with Crippen molar-refractivity contribution in [3.63, 3.8) is 0 Å². The van der Waals surface area contributed by atoms with Gasteiger partial charge in [-0.1, -0.05) is 23.4 Å². The predicted octanol–water partition coefficient (Wildman–Crippen LogP) is 2.03. The topological polar surface area (TPSA) is 92.1 Å². The third-order valence-electron chi connectivity index (χ3n) is 3.33. The highest BCUT2D eigenvalue weighted by Gasteiger charge is 2.21. The zero-order valence-electron chi connectivity index (χ0n) is 11.4. The molecule has 0 fully saturated rings. The molecule has 20 heavy (non-hydrogen) atoms. The number of carbonyl (C=O) groups is 1. The lowest BCUT2D eigenvalue weighted by atomic mass is 10.1. The molecule has 6 nitrogen and oxygen atoms in total. The van der Waals surface area contributed by atoms with E-state index < -0.39 is 0 Å². The third-order valence-corrected chi connectivity index (χ3v) is 3.33. The minimum absolute atomic E-state index is 0.0919. The zero-order chi connectivity index (χ0) is 14.7. The maximum atomic E-state index is 12.5. The van der Waals surface area contributed by atoms with E-state index in [0.29, 0.717) is 17.6 Å². The second-order valence-corrected chi connectivity index (χ2v) is 4.71. The van der Waals surface area contributed by atoms with E-state index in [0.717, 1.165) is 5.39 Å². The quantitative estimate of drug-likeness (QED) is 0.386. The van der Waals surface area contributed by atoms with E-state index in [-0.39, 0.29) is 17.8 Å². The van der Waals surface area contributed by atoms with E-state index >= 15 is 0 Å². The van der Waals surface area contributed by atoms with Crippen LogP contribution in [0.25, 0.3) is 11.0 Å². The smallest absolute Gasteiger partial charge is 0.257 e. The van der Waals surface area contributed by atoms with Crippen LogP contribution in [0.1, 0.15) is 23.7 Å². The van der Waals surface area contributed by atoms with Gasteiger partial charge in [0.05, 0.1) is 5.56 Å². The van der Waals surface area contributed by atoms with Crippen molar-refractivity contribution in [1.82, 2.24) is 4.90 Å². The Kier molecular flexibility index (Phi) is 3.93. The van der Waals surface area contributed by atoms with Gasteiger partial charge in [-0.25, -0.2) is 0 Å². The number of hydrogen-bond acceptors (Lipinski definition) is 4. The van der Waals surface area contributed by atoms with Crippen LogP contribution in [0.5, 0.6) is 0 Å². The van der Waals surface area contributed by atoms with Crippen molar-refractivity contribution in [2.75, 3.05) is 7.05 Å². The zero-order valence-corrected chi connectivity index (χ0v) is 11.4. The van der Waals surface area contributed by atoms with Crippen molar-refractivity contribution in [3.8, 4) is 0 Å². The average molecular weight is 275 g/mol. The maximum absolute atomic E-state index is 12.5. The van der Waals surface area contributed by atoms with Crippen molar-refractivity contribution >= 4 is 22.7 Å². The van der Waals surface area contributed by atoms with Gasteiger partial charge in [0.1, 0.15) is 17.7 Å². The molecule has 1 atom stereocenters. The van der Waals surface area contributed by atoms with Crippen molar-refractivity contribution in [2.24, 2.45) is 10.9 Å². The Morgan fingerprint density at radius 2 is 2.20 bits per heavy atom. The van der Waals surface area contributed by atoms with Crippen LogP contribution in [0.2, 0.25) is 0 Å². The minimum Gasteiger partial charge on any atom is -0.463 e. The molecular weight excluding hydrogens is 258 g/mol. The van der Waals surface area contributed by atoms with Gasteiger partial charge in [-0.3, -0.25) is 4.79 Å². The number of fused-ring (bicyclic) bond motifs is 1. The van der Waals surface area contributed by atoms with Gasteiger partial charge in [0, 0.05) is 24.9 Å². The third kappa shape index (κ3) is 2.59. The SMILES string of the molecule is CC(CC(N)=NO)N(C)C(=O)c1coc2ccccc12. The van der Waals surface area contributed by atoms with Crippen molar-refractivity contribution in [1.29, 1.82) is 0 Å². The molecule has 0 saturated carbocycles. The number of amidine groups is 1.